The summed E-state index contributed by atoms with van der Waals surface area (Å²) in [7, 11) is 0. The number of hydrogen-bond acceptors (Lipinski definition) is 3. The molecular formula is C11H21NO2S. The lowest BCUT2D eigenvalue weighted by Gasteiger charge is -2.24. The third-order valence-electron chi connectivity index (χ3n) is 1.95. The van der Waals surface area contributed by atoms with Gasteiger partial charge in [-0.15, -0.1) is 11.8 Å². The number of ketones is 1. The Morgan fingerprint density at radius 1 is 1.33 bits per heavy atom. The minimum Gasteiger partial charge on any atom is -0.353 e. The summed E-state index contributed by atoms with van der Waals surface area (Å²) >= 11 is 1.40. The molecule has 0 aliphatic rings. The van der Waals surface area contributed by atoms with Crippen LogP contribution >= 0.6 is 11.8 Å². The Kier molecular flexibility index (Phi) is 5.95. The molecular weight excluding hydrogens is 210 g/mol. The molecule has 0 saturated carbocycles. The minimum absolute atomic E-state index is 0.00796. The zero-order valence-corrected chi connectivity index (χ0v) is 11.0. The molecule has 0 spiro atoms. The van der Waals surface area contributed by atoms with E-state index in [2.05, 4.69) is 5.32 Å². The molecule has 0 bridgehead atoms. The largest absolute Gasteiger partial charge is 0.353 e. The van der Waals surface area contributed by atoms with Crippen molar-refractivity contribution in [3.63, 3.8) is 0 Å². The monoisotopic (exact) mass is 231 g/mol. The predicted molar refractivity (Wildman–Crippen MR) is 65.1 cm³/mol. The Bertz CT molecular complexity index is 237. The summed E-state index contributed by atoms with van der Waals surface area (Å²) in [5, 5.41) is 2.85. The molecule has 88 valence electrons. The first kappa shape index (κ1) is 14.5. The summed E-state index contributed by atoms with van der Waals surface area (Å²) in [6.07, 6.45) is 0.537. The first-order valence-corrected chi connectivity index (χ1v) is 6.24. The molecule has 0 aromatic rings. The van der Waals surface area contributed by atoms with Crippen LogP contribution in [0.2, 0.25) is 0 Å². The van der Waals surface area contributed by atoms with Crippen molar-refractivity contribution in [2.24, 2.45) is 0 Å². The van der Waals surface area contributed by atoms with Crippen molar-refractivity contribution in [1.82, 2.24) is 5.32 Å². The zero-order valence-electron chi connectivity index (χ0n) is 10.2. The van der Waals surface area contributed by atoms with Gasteiger partial charge in [-0.3, -0.25) is 9.59 Å². The normalized spacial score (nSPS) is 11.6. The highest BCUT2D eigenvalue weighted by Gasteiger charge is 2.28. The Balaban J connectivity index is 4.16. The average Bonchev–Trinajstić information content (AvgIpc) is 2.13. The van der Waals surface area contributed by atoms with Crippen LogP contribution in [-0.2, 0) is 9.59 Å². The van der Waals surface area contributed by atoms with Crippen molar-refractivity contribution < 1.29 is 9.59 Å². The SMILES string of the molecule is CCC(=O)CSC(C)(C)C(=O)NC(C)C. The lowest BCUT2D eigenvalue weighted by molar-refractivity contribution is -0.123. The van der Waals surface area contributed by atoms with E-state index in [4.69, 9.17) is 0 Å². The van der Waals surface area contributed by atoms with Gasteiger partial charge in [0.15, 0.2) is 0 Å². The molecule has 15 heavy (non-hydrogen) atoms. The molecule has 0 aromatic carbocycles. The van der Waals surface area contributed by atoms with E-state index in [1.54, 1.807) is 0 Å². The third kappa shape index (κ3) is 5.82. The Labute approximate surface area is 96.4 Å². The lowest BCUT2D eigenvalue weighted by Crippen LogP contribution is -2.43. The number of amides is 1. The number of rotatable bonds is 6. The molecule has 0 aromatic heterocycles. The zero-order chi connectivity index (χ0) is 12.1. The van der Waals surface area contributed by atoms with Gasteiger partial charge in [0.2, 0.25) is 5.91 Å². The van der Waals surface area contributed by atoms with Crippen molar-refractivity contribution in [3.8, 4) is 0 Å². The molecule has 0 radical (unpaired) electrons. The van der Waals surface area contributed by atoms with E-state index in [0.717, 1.165) is 0 Å². The van der Waals surface area contributed by atoms with Gasteiger partial charge in [0.05, 0.1) is 10.5 Å². The van der Waals surface area contributed by atoms with E-state index in [1.165, 1.54) is 11.8 Å². The summed E-state index contributed by atoms with van der Waals surface area (Å²) in [5.41, 5.74) is 0. The van der Waals surface area contributed by atoms with Gasteiger partial charge in [-0.25, -0.2) is 0 Å². The van der Waals surface area contributed by atoms with E-state index in [0.29, 0.717) is 12.2 Å². The molecule has 3 nitrogen and oxygen atoms in total. The summed E-state index contributed by atoms with van der Waals surface area (Å²) in [6, 6.07) is 0.138. The molecule has 4 heteroatoms. The van der Waals surface area contributed by atoms with Crippen LogP contribution in [0.1, 0.15) is 41.0 Å². The minimum atomic E-state index is -0.533. The molecule has 0 aliphatic heterocycles. The molecule has 0 fully saturated rings. The van der Waals surface area contributed by atoms with Gasteiger partial charge in [0, 0.05) is 12.5 Å². The Morgan fingerprint density at radius 3 is 2.27 bits per heavy atom. The molecule has 0 saturated heterocycles. The predicted octanol–water partition coefficient (Wildman–Crippen LogP) is 2.00. The highest BCUT2D eigenvalue weighted by Crippen LogP contribution is 2.24. The van der Waals surface area contributed by atoms with Crippen LogP contribution in [0.4, 0.5) is 0 Å². The topological polar surface area (TPSA) is 46.2 Å². The van der Waals surface area contributed by atoms with Crippen LogP contribution in [0.3, 0.4) is 0 Å². The highest BCUT2D eigenvalue weighted by molar-refractivity contribution is 8.02. The first-order chi connectivity index (χ1) is 6.79. The smallest absolute Gasteiger partial charge is 0.235 e. The maximum Gasteiger partial charge on any atom is 0.235 e. The highest BCUT2D eigenvalue weighted by atomic mass is 32.2. The van der Waals surface area contributed by atoms with Crippen molar-refractivity contribution in [2.45, 2.75) is 51.8 Å². The van der Waals surface area contributed by atoms with Crippen LogP contribution in [0.5, 0.6) is 0 Å². The van der Waals surface area contributed by atoms with Gasteiger partial charge in [-0.05, 0) is 27.7 Å². The van der Waals surface area contributed by atoms with Crippen LogP contribution in [0.25, 0.3) is 0 Å². The maximum atomic E-state index is 11.7. The van der Waals surface area contributed by atoms with Crippen molar-refractivity contribution in [1.29, 1.82) is 0 Å². The summed E-state index contributed by atoms with van der Waals surface area (Å²) in [5.74, 6) is 0.589. The molecule has 0 heterocycles. The molecule has 0 unspecified atom stereocenters. The Hall–Kier alpha value is -0.510. The third-order valence-corrected chi connectivity index (χ3v) is 3.33. The van der Waals surface area contributed by atoms with E-state index in [-0.39, 0.29) is 17.7 Å². The number of hydrogen-bond donors (Lipinski definition) is 1. The fourth-order valence-corrected chi connectivity index (χ4v) is 1.78. The second kappa shape index (κ2) is 6.16. The van der Waals surface area contributed by atoms with E-state index in [1.807, 2.05) is 34.6 Å². The van der Waals surface area contributed by atoms with Gasteiger partial charge < -0.3 is 5.32 Å². The molecule has 0 rings (SSSR count). The second-order valence-electron chi connectivity index (χ2n) is 4.32. The van der Waals surface area contributed by atoms with Crippen LogP contribution in [0, 0.1) is 0 Å². The fraction of sp³-hybridized carbons (Fsp3) is 0.818. The van der Waals surface area contributed by atoms with Crippen molar-refractivity contribution >= 4 is 23.5 Å². The maximum absolute atomic E-state index is 11.7. The second-order valence-corrected chi connectivity index (χ2v) is 5.92. The van der Waals surface area contributed by atoms with Crippen molar-refractivity contribution in [3.05, 3.63) is 0 Å². The van der Waals surface area contributed by atoms with E-state index < -0.39 is 4.75 Å². The lowest BCUT2D eigenvalue weighted by atomic mass is 10.2. The van der Waals surface area contributed by atoms with E-state index >= 15 is 0 Å². The van der Waals surface area contributed by atoms with Crippen LogP contribution in [0.15, 0.2) is 0 Å². The quantitative estimate of drug-likeness (QED) is 0.760. The molecule has 0 aliphatic carbocycles. The standard InChI is InChI=1S/C11H21NO2S/c1-6-9(13)7-15-11(4,5)10(14)12-8(2)3/h8H,6-7H2,1-5H3,(H,12,14). The van der Waals surface area contributed by atoms with Gasteiger partial charge >= 0.3 is 0 Å². The summed E-state index contributed by atoms with van der Waals surface area (Å²) in [6.45, 7) is 9.38. The van der Waals surface area contributed by atoms with E-state index in [9.17, 15) is 9.59 Å². The van der Waals surface area contributed by atoms with Gasteiger partial charge in [-0.1, -0.05) is 6.92 Å². The number of carbonyl (C=O) groups excluding carboxylic acids is 2. The average molecular weight is 231 g/mol. The number of nitrogens with one attached hydrogen (secondary N) is 1. The summed E-state index contributed by atoms with van der Waals surface area (Å²) < 4.78 is -0.533. The first-order valence-electron chi connectivity index (χ1n) is 5.26. The van der Waals surface area contributed by atoms with Gasteiger partial charge in [0.25, 0.3) is 0 Å². The number of thioether (sulfide) groups is 1. The molecule has 0 atom stereocenters. The van der Waals surface area contributed by atoms with Gasteiger partial charge in [0.1, 0.15) is 5.78 Å². The Morgan fingerprint density at radius 2 is 1.87 bits per heavy atom. The van der Waals surface area contributed by atoms with Crippen LogP contribution in [-0.4, -0.2) is 28.2 Å². The number of Topliss-reactive ketones (excluding diaryl/α,β-unsaturated/α-hetero) is 1. The summed E-state index contributed by atoms with van der Waals surface area (Å²) in [4.78, 5) is 22.9. The number of carbonyl (C=O) groups is 2. The molecule has 1 amide bonds. The van der Waals surface area contributed by atoms with Gasteiger partial charge in [-0.2, -0.15) is 0 Å². The van der Waals surface area contributed by atoms with Crippen molar-refractivity contribution in [2.75, 3.05) is 5.75 Å². The fourth-order valence-electron chi connectivity index (χ4n) is 0.865. The molecule has 1 N–H and O–H groups in total. The van der Waals surface area contributed by atoms with Crippen LogP contribution < -0.4 is 5.32 Å².